The molecule has 0 saturated carbocycles. The highest BCUT2D eigenvalue weighted by molar-refractivity contribution is 5.82. The van der Waals surface area contributed by atoms with Gasteiger partial charge in [-0.2, -0.15) is 0 Å². The minimum absolute atomic E-state index is 0.573. The fraction of sp³-hybridized carbons (Fsp3) is 0.300. The molecule has 1 aromatic carbocycles. The van der Waals surface area contributed by atoms with Gasteiger partial charge in [0.2, 0.25) is 5.95 Å². The van der Waals surface area contributed by atoms with E-state index in [-0.39, 0.29) is 0 Å². The summed E-state index contributed by atoms with van der Waals surface area (Å²) in [5.74, 6) is 0.573. The highest BCUT2D eigenvalue weighted by atomic mass is 15.1. The second-order valence-electron chi connectivity index (χ2n) is 3.48. The molecule has 0 radical (unpaired) electrons. The summed E-state index contributed by atoms with van der Waals surface area (Å²) in [6.45, 7) is 4.14. The van der Waals surface area contributed by atoms with Crippen LogP contribution in [0.4, 0.5) is 5.95 Å². The fourth-order valence-corrected chi connectivity index (χ4v) is 1.65. The van der Waals surface area contributed by atoms with Crippen molar-refractivity contribution >= 4 is 17.0 Å². The molecule has 1 aromatic heterocycles. The normalized spacial score (nSPS) is 11.0. The third kappa shape index (κ3) is 1.08. The van der Waals surface area contributed by atoms with Gasteiger partial charge in [-0.25, -0.2) is 4.98 Å². The van der Waals surface area contributed by atoms with Crippen molar-refractivity contribution in [2.24, 2.45) is 7.05 Å². The van der Waals surface area contributed by atoms with Gasteiger partial charge in [0.1, 0.15) is 0 Å². The van der Waals surface area contributed by atoms with Crippen molar-refractivity contribution in [1.29, 1.82) is 0 Å². The number of nitrogens with zero attached hydrogens (tertiary/aromatic N) is 2. The van der Waals surface area contributed by atoms with Crippen LogP contribution in [-0.2, 0) is 7.05 Å². The third-order valence-electron chi connectivity index (χ3n) is 2.36. The van der Waals surface area contributed by atoms with Gasteiger partial charge in [-0.05, 0) is 31.0 Å². The first kappa shape index (κ1) is 8.10. The van der Waals surface area contributed by atoms with Crippen molar-refractivity contribution < 1.29 is 0 Å². The average Bonchev–Trinajstić information content (AvgIpc) is 2.32. The van der Waals surface area contributed by atoms with E-state index in [0.29, 0.717) is 5.95 Å². The van der Waals surface area contributed by atoms with Gasteiger partial charge < -0.3 is 10.3 Å². The largest absolute Gasteiger partial charge is 0.369 e. The van der Waals surface area contributed by atoms with Gasteiger partial charge in [0.15, 0.2) is 0 Å². The molecule has 2 rings (SSSR count). The summed E-state index contributed by atoms with van der Waals surface area (Å²) in [5.41, 5.74) is 10.3. The molecule has 1 heterocycles. The number of imidazole rings is 1. The number of benzene rings is 1. The maximum absolute atomic E-state index is 5.72. The van der Waals surface area contributed by atoms with Crippen LogP contribution in [0.3, 0.4) is 0 Å². The maximum atomic E-state index is 5.72. The Kier molecular flexibility index (Phi) is 1.55. The Hall–Kier alpha value is -1.51. The summed E-state index contributed by atoms with van der Waals surface area (Å²) in [7, 11) is 1.93. The zero-order valence-electron chi connectivity index (χ0n) is 8.13. The molecular formula is C10H13N3. The Balaban J connectivity index is 2.94. The number of hydrogen-bond donors (Lipinski definition) is 1. The van der Waals surface area contributed by atoms with Crippen LogP contribution in [0, 0.1) is 13.8 Å². The first-order valence-electron chi connectivity index (χ1n) is 4.29. The van der Waals surface area contributed by atoms with E-state index < -0.39 is 0 Å². The lowest BCUT2D eigenvalue weighted by atomic mass is 10.1. The van der Waals surface area contributed by atoms with Gasteiger partial charge in [-0.3, -0.25) is 0 Å². The summed E-state index contributed by atoms with van der Waals surface area (Å²) in [6.07, 6.45) is 0. The molecule has 0 unspecified atom stereocenters. The molecule has 0 fully saturated rings. The van der Waals surface area contributed by atoms with Crippen LogP contribution in [0.1, 0.15) is 11.1 Å². The summed E-state index contributed by atoms with van der Waals surface area (Å²) in [6, 6.07) is 4.22. The van der Waals surface area contributed by atoms with Crippen LogP contribution < -0.4 is 5.73 Å². The molecule has 0 bridgehead atoms. The van der Waals surface area contributed by atoms with E-state index in [1.54, 1.807) is 0 Å². The van der Waals surface area contributed by atoms with Crippen molar-refractivity contribution in [1.82, 2.24) is 9.55 Å². The molecule has 3 heteroatoms. The van der Waals surface area contributed by atoms with Gasteiger partial charge in [0.25, 0.3) is 0 Å². The standard InChI is InChI=1S/C10H13N3/c1-6-4-7(2)9-8(5-6)13(3)10(11)12-9/h4-5H,1-3H3,(H2,11,12). The fourth-order valence-electron chi connectivity index (χ4n) is 1.65. The van der Waals surface area contributed by atoms with E-state index in [1.807, 2.05) is 11.6 Å². The number of rotatable bonds is 0. The molecule has 0 aliphatic heterocycles. The smallest absolute Gasteiger partial charge is 0.200 e. The van der Waals surface area contributed by atoms with Gasteiger partial charge in [0, 0.05) is 7.05 Å². The lowest BCUT2D eigenvalue weighted by molar-refractivity contribution is 0.964. The molecular weight excluding hydrogens is 162 g/mol. The van der Waals surface area contributed by atoms with Gasteiger partial charge >= 0.3 is 0 Å². The van der Waals surface area contributed by atoms with Crippen molar-refractivity contribution in [3.8, 4) is 0 Å². The van der Waals surface area contributed by atoms with E-state index in [1.165, 1.54) is 11.1 Å². The topological polar surface area (TPSA) is 43.8 Å². The van der Waals surface area contributed by atoms with Crippen molar-refractivity contribution in [2.75, 3.05) is 5.73 Å². The van der Waals surface area contributed by atoms with E-state index in [9.17, 15) is 0 Å². The van der Waals surface area contributed by atoms with Gasteiger partial charge in [-0.1, -0.05) is 6.07 Å². The monoisotopic (exact) mass is 175 g/mol. The Labute approximate surface area is 77.2 Å². The maximum Gasteiger partial charge on any atom is 0.200 e. The van der Waals surface area contributed by atoms with Gasteiger partial charge in [-0.15, -0.1) is 0 Å². The first-order valence-corrected chi connectivity index (χ1v) is 4.29. The number of nitrogen functional groups attached to an aromatic ring is 1. The summed E-state index contributed by atoms with van der Waals surface area (Å²) in [4.78, 5) is 4.29. The quantitative estimate of drug-likeness (QED) is 0.663. The SMILES string of the molecule is Cc1cc(C)c2nc(N)n(C)c2c1. The first-order chi connectivity index (χ1) is 6.09. The van der Waals surface area contributed by atoms with Crippen LogP contribution in [0.2, 0.25) is 0 Å². The molecule has 0 amide bonds. The van der Waals surface area contributed by atoms with E-state index >= 15 is 0 Å². The van der Waals surface area contributed by atoms with E-state index in [4.69, 9.17) is 5.73 Å². The molecule has 0 aliphatic carbocycles. The highest BCUT2D eigenvalue weighted by Gasteiger charge is 2.06. The summed E-state index contributed by atoms with van der Waals surface area (Å²) >= 11 is 0. The summed E-state index contributed by atoms with van der Waals surface area (Å²) < 4.78 is 1.91. The zero-order valence-corrected chi connectivity index (χ0v) is 8.13. The van der Waals surface area contributed by atoms with Crippen LogP contribution >= 0.6 is 0 Å². The third-order valence-corrected chi connectivity index (χ3v) is 2.36. The predicted octanol–water partition coefficient (Wildman–Crippen LogP) is 1.77. The molecule has 3 nitrogen and oxygen atoms in total. The number of aryl methyl sites for hydroxylation is 3. The second-order valence-corrected chi connectivity index (χ2v) is 3.48. The molecule has 0 aliphatic rings. The molecule has 2 aromatic rings. The molecule has 68 valence electrons. The van der Waals surface area contributed by atoms with Crippen LogP contribution in [0.15, 0.2) is 12.1 Å². The van der Waals surface area contributed by atoms with Crippen LogP contribution in [0.5, 0.6) is 0 Å². The Morgan fingerprint density at radius 3 is 2.69 bits per heavy atom. The number of nitrogens with two attached hydrogens (primary N) is 1. The lowest BCUT2D eigenvalue weighted by Gasteiger charge is -1.99. The minimum Gasteiger partial charge on any atom is -0.369 e. The Bertz CT molecular complexity index is 468. The Morgan fingerprint density at radius 1 is 1.31 bits per heavy atom. The zero-order chi connectivity index (χ0) is 9.59. The molecule has 0 atom stereocenters. The highest BCUT2D eigenvalue weighted by Crippen LogP contribution is 2.21. The Morgan fingerprint density at radius 2 is 2.00 bits per heavy atom. The number of hydrogen-bond acceptors (Lipinski definition) is 2. The number of fused-ring (bicyclic) bond motifs is 1. The predicted molar refractivity (Wildman–Crippen MR) is 54.6 cm³/mol. The average molecular weight is 175 g/mol. The van der Waals surface area contributed by atoms with Crippen LogP contribution in [-0.4, -0.2) is 9.55 Å². The molecule has 13 heavy (non-hydrogen) atoms. The molecule has 2 N–H and O–H groups in total. The minimum atomic E-state index is 0.573. The van der Waals surface area contributed by atoms with Crippen molar-refractivity contribution in [3.05, 3.63) is 23.3 Å². The number of aromatic nitrogens is 2. The van der Waals surface area contributed by atoms with Crippen LogP contribution in [0.25, 0.3) is 11.0 Å². The second kappa shape index (κ2) is 2.49. The lowest BCUT2D eigenvalue weighted by Crippen LogP contribution is -1.96. The number of anilines is 1. The molecule has 0 saturated heterocycles. The van der Waals surface area contributed by atoms with E-state index in [0.717, 1.165) is 11.0 Å². The summed E-state index contributed by atoms with van der Waals surface area (Å²) in [5, 5.41) is 0. The van der Waals surface area contributed by atoms with Crippen molar-refractivity contribution in [2.45, 2.75) is 13.8 Å². The molecule has 0 spiro atoms. The van der Waals surface area contributed by atoms with Gasteiger partial charge in [0.05, 0.1) is 11.0 Å². The van der Waals surface area contributed by atoms with Crippen molar-refractivity contribution in [3.63, 3.8) is 0 Å². The van der Waals surface area contributed by atoms with E-state index in [2.05, 4.69) is 31.0 Å².